The zero-order valence-corrected chi connectivity index (χ0v) is 10.4. The molecule has 0 radical (unpaired) electrons. The zero-order chi connectivity index (χ0) is 10.7. The highest BCUT2D eigenvalue weighted by molar-refractivity contribution is 4.70. The first kappa shape index (κ1) is 13.0. The lowest BCUT2D eigenvalue weighted by molar-refractivity contribution is -0.0145. The van der Waals surface area contributed by atoms with Gasteiger partial charge in [0.15, 0.2) is 0 Å². The van der Waals surface area contributed by atoms with E-state index in [9.17, 15) is 0 Å². The van der Waals surface area contributed by atoms with Gasteiger partial charge >= 0.3 is 0 Å². The van der Waals surface area contributed by atoms with Crippen molar-refractivity contribution in [3.8, 4) is 0 Å². The lowest BCUT2D eigenvalue weighted by Gasteiger charge is -2.28. The van der Waals surface area contributed by atoms with Crippen LogP contribution >= 0.6 is 0 Å². The first-order chi connectivity index (χ1) is 5.63. The lowest BCUT2D eigenvalue weighted by atomic mass is 9.89. The van der Waals surface area contributed by atoms with Crippen molar-refractivity contribution in [3.63, 3.8) is 0 Å². The smallest absolute Gasteiger partial charge is 0.0595 e. The summed E-state index contributed by atoms with van der Waals surface area (Å²) in [7, 11) is 0. The summed E-state index contributed by atoms with van der Waals surface area (Å²) in [6.45, 7) is 16.4. The van der Waals surface area contributed by atoms with E-state index >= 15 is 0 Å². The summed E-state index contributed by atoms with van der Waals surface area (Å²) in [5.41, 5.74) is 0.648. The van der Waals surface area contributed by atoms with Crippen molar-refractivity contribution in [1.29, 1.82) is 0 Å². The molecule has 0 aromatic rings. The van der Waals surface area contributed by atoms with Crippen LogP contribution in [0.25, 0.3) is 0 Å². The molecule has 1 heteroatoms. The van der Waals surface area contributed by atoms with Crippen LogP contribution in [0, 0.1) is 10.8 Å². The summed E-state index contributed by atoms with van der Waals surface area (Å²) < 4.78 is 5.78. The molecule has 0 fully saturated rings. The van der Waals surface area contributed by atoms with E-state index in [1.54, 1.807) is 0 Å². The van der Waals surface area contributed by atoms with Crippen LogP contribution in [-0.2, 0) is 4.74 Å². The van der Waals surface area contributed by atoms with Gasteiger partial charge in [-0.1, -0.05) is 41.5 Å². The number of hydrogen-bond donors (Lipinski definition) is 0. The molecule has 0 aromatic heterocycles. The third-order valence-corrected chi connectivity index (χ3v) is 2.44. The quantitative estimate of drug-likeness (QED) is 0.650. The third kappa shape index (κ3) is 7.06. The average molecular weight is 186 g/mol. The molecule has 0 spiro atoms. The molecule has 0 saturated heterocycles. The van der Waals surface area contributed by atoms with Gasteiger partial charge in [0.05, 0.1) is 6.10 Å². The second kappa shape index (κ2) is 4.45. The van der Waals surface area contributed by atoms with Crippen LogP contribution in [0.4, 0.5) is 0 Å². The number of hydrogen-bond acceptors (Lipinski definition) is 1. The van der Waals surface area contributed by atoms with E-state index < -0.39 is 0 Å². The summed E-state index contributed by atoms with van der Waals surface area (Å²) in [6.07, 6.45) is 1.47. The fourth-order valence-electron chi connectivity index (χ4n) is 0.792. The SMILES string of the molecule is C[C@@H](OCCC(C)(C)C)C(C)(C)C. The second-order valence-electron chi connectivity index (χ2n) is 6.19. The van der Waals surface area contributed by atoms with E-state index in [2.05, 4.69) is 48.5 Å². The zero-order valence-electron chi connectivity index (χ0n) is 10.4. The molecular formula is C12H26O. The molecule has 0 aliphatic carbocycles. The fraction of sp³-hybridized carbons (Fsp3) is 1.00. The summed E-state index contributed by atoms with van der Waals surface area (Å²) in [5.74, 6) is 0. The molecule has 0 aliphatic heterocycles. The largest absolute Gasteiger partial charge is 0.378 e. The maximum atomic E-state index is 5.78. The van der Waals surface area contributed by atoms with Crippen molar-refractivity contribution in [1.82, 2.24) is 0 Å². The number of ether oxygens (including phenoxy) is 1. The maximum absolute atomic E-state index is 5.78. The summed E-state index contributed by atoms with van der Waals surface area (Å²) in [4.78, 5) is 0. The van der Waals surface area contributed by atoms with Crippen LogP contribution in [0.15, 0.2) is 0 Å². The fourth-order valence-corrected chi connectivity index (χ4v) is 0.792. The minimum atomic E-state index is 0.262. The normalized spacial score (nSPS) is 15.9. The van der Waals surface area contributed by atoms with Gasteiger partial charge in [-0.15, -0.1) is 0 Å². The monoisotopic (exact) mass is 186 g/mol. The van der Waals surface area contributed by atoms with E-state index in [1.807, 2.05) is 0 Å². The first-order valence-corrected chi connectivity index (χ1v) is 5.24. The topological polar surface area (TPSA) is 9.23 Å². The molecule has 0 unspecified atom stereocenters. The Labute approximate surface area is 83.9 Å². The van der Waals surface area contributed by atoms with Crippen LogP contribution < -0.4 is 0 Å². The van der Waals surface area contributed by atoms with Crippen LogP contribution in [0.2, 0.25) is 0 Å². The Morgan fingerprint density at radius 3 is 1.77 bits per heavy atom. The number of rotatable bonds is 3. The molecule has 80 valence electrons. The van der Waals surface area contributed by atoms with Crippen molar-refractivity contribution in [3.05, 3.63) is 0 Å². The van der Waals surface area contributed by atoms with Crippen LogP contribution in [-0.4, -0.2) is 12.7 Å². The minimum Gasteiger partial charge on any atom is -0.378 e. The average Bonchev–Trinajstić information content (AvgIpc) is 1.82. The van der Waals surface area contributed by atoms with E-state index in [1.165, 1.54) is 0 Å². The van der Waals surface area contributed by atoms with Crippen LogP contribution in [0.1, 0.15) is 54.9 Å². The predicted octanol–water partition coefficient (Wildman–Crippen LogP) is 3.87. The highest BCUT2D eigenvalue weighted by Gasteiger charge is 2.21. The lowest BCUT2D eigenvalue weighted by Crippen LogP contribution is -2.27. The minimum absolute atomic E-state index is 0.262. The Hall–Kier alpha value is -0.0400. The molecule has 1 nitrogen and oxygen atoms in total. The Morgan fingerprint density at radius 2 is 1.46 bits per heavy atom. The van der Waals surface area contributed by atoms with Gasteiger partial charge in [-0.3, -0.25) is 0 Å². The van der Waals surface area contributed by atoms with E-state index in [0.717, 1.165) is 13.0 Å². The molecule has 0 bridgehead atoms. The van der Waals surface area contributed by atoms with E-state index in [4.69, 9.17) is 4.74 Å². The summed E-state index contributed by atoms with van der Waals surface area (Å²) in [6, 6.07) is 0. The van der Waals surface area contributed by atoms with Crippen molar-refractivity contribution >= 4 is 0 Å². The van der Waals surface area contributed by atoms with Crippen molar-refractivity contribution in [2.75, 3.05) is 6.61 Å². The van der Waals surface area contributed by atoms with Gasteiger partial charge in [-0.25, -0.2) is 0 Å². The summed E-state index contributed by atoms with van der Waals surface area (Å²) >= 11 is 0. The van der Waals surface area contributed by atoms with Gasteiger partial charge < -0.3 is 4.74 Å². The van der Waals surface area contributed by atoms with Crippen molar-refractivity contribution < 1.29 is 4.74 Å². The van der Waals surface area contributed by atoms with Gasteiger partial charge in [0.25, 0.3) is 0 Å². The van der Waals surface area contributed by atoms with Crippen LogP contribution in [0.5, 0.6) is 0 Å². The third-order valence-electron chi connectivity index (χ3n) is 2.44. The summed E-state index contributed by atoms with van der Waals surface area (Å²) in [5, 5.41) is 0. The predicted molar refractivity (Wildman–Crippen MR) is 58.9 cm³/mol. The van der Waals surface area contributed by atoms with Gasteiger partial charge in [0.2, 0.25) is 0 Å². The highest BCUT2D eigenvalue weighted by Crippen LogP contribution is 2.24. The Kier molecular flexibility index (Phi) is 4.44. The molecule has 1 atom stereocenters. The molecule has 0 saturated carbocycles. The van der Waals surface area contributed by atoms with Gasteiger partial charge in [0, 0.05) is 6.61 Å². The molecule has 0 aromatic carbocycles. The molecular weight excluding hydrogens is 160 g/mol. The maximum Gasteiger partial charge on any atom is 0.0595 e. The molecule has 0 N–H and O–H groups in total. The van der Waals surface area contributed by atoms with E-state index in [-0.39, 0.29) is 5.41 Å². The van der Waals surface area contributed by atoms with Gasteiger partial charge in [-0.05, 0) is 24.2 Å². The van der Waals surface area contributed by atoms with Gasteiger partial charge in [0.1, 0.15) is 0 Å². The first-order valence-electron chi connectivity index (χ1n) is 5.24. The van der Waals surface area contributed by atoms with Crippen molar-refractivity contribution in [2.24, 2.45) is 10.8 Å². The van der Waals surface area contributed by atoms with E-state index in [0.29, 0.717) is 11.5 Å². The van der Waals surface area contributed by atoms with Gasteiger partial charge in [-0.2, -0.15) is 0 Å². The Morgan fingerprint density at radius 1 is 1.00 bits per heavy atom. The highest BCUT2D eigenvalue weighted by atomic mass is 16.5. The Bertz CT molecular complexity index is 136. The molecule has 0 rings (SSSR count). The van der Waals surface area contributed by atoms with Crippen LogP contribution in [0.3, 0.4) is 0 Å². The molecule has 13 heavy (non-hydrogen) atoms. The second-order valence-corrected chi connectivity index (χ2v) is 6.19. The molecule has 0 amide bonds. The Balaban J connectivity index is 3.67. The molecule has 0 aliphatic rings. The van der Waals surface area contributed by atoms with Crippen molar-refractivity contribution in [2.45, 2.75) is 61.0 Å². The standard InChI is InChI=1S/C12H26O/c1-10(12(5,6)7)13-9-8-11(2,3)4/h10H,8-9H2,1-7H3/t10-/m1/s1. The molecule has 0 heterocycles.